The molecule has 3 heterocycles. The molecule has 3 atom stereocenters. The van der Waals surface area contributed by atoms with Crippen molar-refractivity contribution >= 4 is 13.4 Å². The van der Waals surface area contributed by atoms with Gasteiger partial charge in [0.2, 0.25) is 5.69 Å². The second-order valence-electron chi connectivity index (χ2n) is 16.2. The molecule has 3 heteroatoms. The molecule has 0 radical (unpaired) electrons. The van der Waals surface area contributed by atoms with Crippen LogP contribution in [0.2, 0.25) is 0 Å². The summed E-state index contributed by atoms with van der Waals surface area (Å²) in [6.07, 6.45) is 27.1. The van der Waals surface area contributed by atoms with E-state index in [1.807, 2.05) is 0 Å². The van der Waals surface area contributed by atoms with E-state index in [2.05, 4.69) is 183 Å². The first-order chi connectivity index (χ1) is 26.2. The average Bonchev–Trinajstić information content (AvgIpc) is 3.17. The Kier molecular flexibility index (Phi) is 11.6. The Bertz CT molecular complexity index is 2020. The zero-order valence-electron chi connectivity index (χ0n) is 33.0. The van der Waals surface area contributed by atoms with Crippen LogP contribution in [0, 0.1) is 50.6 Å². The van der Waals surface area contributed by atoms with Crippen LogP contribution in [0.1, 0.15) is 84.7 Å². The van der Waals surface area contributed by atoms with Gasteiger partial charge in [-0.25, -0.2) is 4.57 Å². The fourth-order valence-electron chi connectivity index (χ4n) is 9.17. The molecule has 1 aromatic heterocycles. The maximum atomic E-state index is 4.40. The minimum atomic E-state index is 0.740. The van der Waals surface area contributed by atoms with Crippen molar-refractivity contribution in [1.29, 1.82) is 0 Å². The maximum absolute atomic E-state index is 4.40. The number of hydrogen-bond donors (Lipinski definition) is 0. The second-order valence-corrected chi connectivity index (χ2v) is 16.2. The van der Waals surface area contributed by atoms with Crippen LogP contribution in [0.4, 0.5) is 0 Å². The maximum Gasteiger partial charge on any atom is 0.212 e. The van der Waals surface area contributed by atoms with Gasteiger partial charge in [0.15, 0.2) is 6.20 Å². The highest BCUT2D eigenvalue weighted by Gasteiger charge is 2.30. The van der Waals surface area contributed by atoms with Gasteiger partial charge in [0.25, 0.3) is 0 Å². The third kappa shape index (κ3) is 8.79. The minimum Gasteiger partial charge on any atom is -0.255 e. The van der Waals surface area contributed by atoms with Gasteiger partial charge in [-0.2, -0.15) is 0 Å². The molecule has 1 fully saturated rings. The van der Waals surface area contributed by atoms with Crippen LogP contribution in [-0.4, -0.2) is 22.6 Å². The van der Waals surface area contributed by atoms with Gasteiger partial charge in [0, 0.05) is 17.2 Å². The molecule has 7 rings (SSSR count). The highest BCUT2D eigenvalue weighted by atomic mass is 15.0. The van der Waals surface area contributed by atoms with Crippen LogP contribution < -0.4 is 4.57 Å². The number of hydrogen-bond acceptors (Lipinski definition) is 0. The summed E-state index contributed by atoms with van der Waals surface area (Å²) in [6, 6.07) is 32.9. The Labute approximate surface area is 325 Å². The summed E-state index contributed by atoms with van der Waals surface area (Å²) in [5.74, 6) is 2.23. The van der Waals surface area contributed by atoms with Crippen molar-refractivity contribution in [2.45, 2.75) is 78.6 Å². The predicted molar refractivity (Wildman–Crippen MR) is 225 cm³/mol. The Balaban J connectivity index is 1.01. The first kappa shape index (κ1) is 37.2. The van der Waals surface area contributed by atoms with E-state index in [0.29, 0.717) is 0 Å². The van der Waals surface area contributed by atoms with Gasteiger partial charge in [-0.05, 0) is 135 Å². The molecule has 0 N–H and O–H groups in total. The molecule has 1 unspecified atom stereocenters. The summed E-state index contributed by atoms with van der Waals surface area (Å²) in [6.45, 7) is 15.4. The molecule has 276 valence electrons. The molecular weight excluding hydrogens is 655 g/mol. The lowest BCUT2D eigenvalue weighted by Crippen LogP contribution is -2.31. The van der Waals surface area contributed by atoms with Crippen LogP contribution >= 0.6 is 0 Å². The molecule has 1 aliphatic carbocycles. The molecule has 54 heavy (non-hydrogen) atoms. The molecule has 0 amide bonds. The summed E-state index contributed by atoms with van der Waals surface area (Å²) in [7, 11) is 2.20. The molecule has 0 spiro atoms. The zero-order chi connectivity index (χ0) is 37.6. The summed E-state index contributed by atoms with van der Waals surface area (Å²) in [5, 5.41) is 0. The summed E-state index contributed by atoms with van der Waals surface area (Å²) in [4.78, 5) is 0. The van der Waals surface area contributed by atoms with Gasteiger partial charge in [-0.3, -0.25) is 9.15 Å². The standard InChI is InChI=1S/C51H58N3/c1-37-13-7-10-16-46(37)49-28-25-40(34-52(49)4)19-22-43-31-44(23-20-41-26-29-50(53(5)35-41)47-17-11-8-14-38(47)2)33-45(32-43)24-21-42-27-30-51(54(6)36-42)48-18-12-9-15-39(48)3/h7-18,25-30,34-36,43-45H,4-5,19-24,31-33H2,1-3,6H3/q+1/t43-,44+,45?. The van der Waals surface area contributed by atoms with Crippen LogP contribution in [0.3, 0.4) is 0 Å². The lowest BCUT2D eigenvalue weighted by atomic mass is 9.70. The number of pyridine rings is 1. The summed E-state index contributed by atoms with van der Waals surface area (Å²) < 4.78 is 6.48. The molecule has 0 saturated heterocycles. The zero-order valence-corrected chi connectivity index (χ0v) is 33.0. The Morgan fingerprint density at radius 1 is 0.574 bits per heavy atom. The number of nitrogens with zero attached hydrogens (tertiary/aromatic N) is 3. The van der Waals surface area contributed by atoms with Crippen LogP contribution in [0.25, 0.3) is 11.3 Å². The van der Waals surface area contributed by atoms with E-state index >= 15 is 0 Å². The molecular formula is C51H58N3+. The van der Waals surface area contributed by atoms with Crippen molar-refractivity contribution in [3.05, 3.63) is 184 Å². The molecule has 2 aliphatic heterocycles. The van der Waals surface area contributed by atoms with Gasteiger partial charge in [0.1, 0.15) is 31.5 Å². The second kappa shape index (κ2) is 16.9. The van der Waals surface area contributed by atoms with Crippen molar-refractivity contribution in [3.8, 4) is 11.3 Å². The van der Waals surface area contributed by atoms with Gasteiger partial charge in [-0.1, -0.05) is 91.7 Å². The molecule has 3 aromatic carbocycles. The topological polar surface area (TPSA) is 9.90 Å². The van der Waals surface area contributed by atoms with Gasteiger partial charge in [0.05, 0.1) is 13.4 Å². The summed E-state index contributed by atoms with van der Waals surface area (Å²) in [5.41, 5.74) is 13.2. The Hall–Kier alpha value is -5.15. The van der Waals surface area contributed by atoms with E-state index in [1.54, 1.807) is 0 Å². The van der Waals surface area contributed by atoms with Crippen molar-refractivity contribution in [1.82, 2.24) is 0 Å². The lowest BCUT2D eigenvalue weighted by molar-refractivity contribution is -0.660. The highest BCUT2D eigenvalue weighted by Crippen LogP contribution is 2.41. The van der Waals surface area contributed by atoms with E-state index < -0.39 is 0 Å². The largest absolute Gasteiger partial charge is 0.255 e. The molecule has 3 nitrogen and oxygen atoms in total. The minimum absolute atomic E-state index is 0.740. The predicted octanol–water partition coefficient (Wildman–Crippen LogP) is 11.1. The number of aryl methyl sites for hydroxylation is 5. The first-order valence-corrected chi connectivity index (χ1v) is 20.1. The van der Waals surface area contributed by atoms with Gasteiger partial charge < -0.3 is 0 Å². The van der Waals surface area contributed by atoms with E-state index in [4.69, 9.17) is 0 Å². The van der Waals surface area contributed by atoms with E-state index in [0.717, 1.165) is 37.0 Å². The molecule has 0 bridgehead atoms. The Morgan fingerprint density at radius 3 is 1.50 bits per heavy atom. The molecule has 1 saturated carbocycles. The van der Waals surface area contributed by atoms with E-state index in [1.165, 1.54) is 106 Å². The van der Waals surface area contributed by atoms with Gasteiger partial charge in [-0.15, -0.1) is 12.1 Å². The van der Waals surface area contributed by atoms with Crippen LogP contribution in [0.15, 0.2) is 139 Å². The van der Waals surface area contributed by atoms with E-state index in [9.17, 15) is 0 Å². The third-order valence-corrected chi connectivity index (χ3v) is 12.2. The smallest absolute Gasteiger partial charge is 0.212 e. The fourth-order valence-corrected chi connectivity index (χ4v) is 9.17. The number of allylic oxidation sites excluding steroid dienone is 4. The molecule has 4 aromatic rings. The van der Waals surface area contributed by atoms with Crippen molar-refractivity contribution < 1.29 is 13.7 Å². The van der Waals surface area contributed by atoms with Crippen molar-refractivity contribution in [3.63, 3.8) is 0 Å². The van der Waals surface area contributed by atoms with Crippen molar-refractivity contribution in [2.75, 3.05) is 0 Å². The summed E-state index contributed by atoms with van der Waals surface area (Å²) >= 11 is 0. The Morgan fingerprint density at radius 2 is 1.04 bits per heavy atom. The van der Waals surface area contributed by atoms with Crippen molar-refractivity contribution in [2.24, 2.45) is 24.8 Å². The number of benzene rings is 3. The van der Waals surface area contributed by atoms with Crippen LogP contribution in [-0.2, 0) is 13.5 Å². The number of rotatable bonds is 12. The number of aromatic nitrogens is 1. The fraction of sp³-hybridized carbons (Fsp3) is 0.314. The molecule has 3 aliphatic rings. The lowest BCUT2D eigenvalue weighted by Gasteiger charge is -2.36. The third-order valence-electron chi connectivity index (χ3n) is 12.2. The van der Waals surface area contributed by atoms with Gasteiger partial charge >= 0.3 is 0 Å². The monoisotopic (exact) mass is 712 g/mol. The normalized spacial score (nSPS) is 20.0. The SMILES string of the molecule is C=[N+]1C=C(CC[C@@H]2CC(CCc3ccc(-c4ccccc4C)[n+](C)c3)C[C@H](CCC3=C[N+](=C)[C-](c4ccccc4C)C=C3)C2)C=C[C-]1c1ccccc1C. The first-order valence-electron chi connectivity index (χ1n) is 20.1. The highest BCUT2D eigenvalue weighted by molar-refractivity contribution is 5.60. The average molecular weight is 713 g/mol. The quantitative estimate of drug-likeness (QED) is 0.102. The van der Waals surface area contributed by atoms with E-state index in [-0.39, 0.29) is 0 Å². The van der Waals surface area contributed by atoms with Crippen LogP contribution in [0.5, 0.6) is 0 Å².